The second-order valence-corrected chi connectivity index (χ2v) is 6.27. The predicted molar refractivity (Wildman–Crippen MR) is 61.5 cm³/mol. The summed E-state index contributed by atoms with van der Waals surface area (Å²) in [6.07, 6.45) is 0.342. The van der Waals surface area contributed by atoms with Gasteiger partial charge in [0.1, 0.15) is 0 Å². The first kappa shape index (κ1) is 27.8. The van der Waals surface area contributed by atoms with Gasteiger partial charge in [-0.1, -0.05) is 0 Å². The van der Waals surface area contributed by atoms with Crippen LogP contribution in [0.4, 0.5) is 0 Å². The van der Waals surface area contributed by atoms with E-state index in [-0.39, 0.29) is 76.4 Å². The molecule has 0 fully saturated rings. The smallest absolute Gasteiger partial charge is 0.748 e. The van der Waals surface area contributed by atoms with E-state index in [1.165, 1.54) is 0 Å². The van der Waals surface area contributed by atoms with Gasteiger partial charge in [0.2, 0.25) is 0 Å². The summed E-state index contributed by atoms with van der Waals surface area (Å²) in [7, 11) is -7.99. The third-order valence-electron chi connectivity index (χ3n) is 0.894. The average Bonchev–Trinajstić information content (AvgIpc) is 1.98. The van der Waals surface area contributed by atoms with Gasteiger partial charge in [0.15, 0.2) is 0 Å². The van der Waals surface area contributed by atoms with Crippen LogP contribution in [-0.4, -0.2) is 49.0 Å². The van der Waals surface area contributed by atoms with Crippen LogP contribution in [0.25, 0.3) is 0 Å². The molecule has 0 amide bonds. The fourth-order valence-electron chi connectivity index (χ4n) is 0.353. The Hall–Kier alpha value is 2.52. The van der Waals surface area contributed by atoms with Gasteiger partial charge in [0.25, 0.3) is 0 Å². The van der Waals surface area contributed by atoms with Crippen LogP contribution in [0.5, 0.6) is 0 Å². The monoisotopic (exact) mass is 342 g/mol. The minimum absolute atomic E-state index is 0. The van der Waals surface area contributed by atoms with Crippen molar-refractivity contribution >= 4 is 45.5 Å². The Balaban J connectivity index is -0.0000000896. The van der Waals surface area contributed by atoms with Gasteiger partial charge in [-0.2, -0.15) is 25.3 Å². The van der Waals surface area contributed by atoms with Crippen molar-refractivity contribution in [2.24, 2.45) is 0 Å². The molecule has 0 aliphatic rings. The summed E-state index contributed by atoms with van der Waals surface area (Å²) in [6, 6.07) is 0. The van der Waals surface area contributed by atoms with E-state index in [1.807, 2.05) is 0 Å². The Morgan fingerprint density at radius 1 is 0.765 bits per heavy atom. The van der Waals surface area contributed by atoms with Crippen molar-refractivity contribution in [3.05, 3.63) is 0 Å². The number of thiol groups is 2. The topological polar surface area (TPSA) is 114 Å². The zero-order valence-electron chi connectivity index (χ0n) is 9.70. The van der Waals surface area contributed by atoms with E-state index in [4.69, 9.17) is 0 Å². The molecule has 0 spiro atoms. The summed E-state index contributed by atoms with van der Waals surface area (Å²) < 4.78 is 58.3. The van der Waals surface area contributed by atoms with Crippen LogP contribution in [0.1, 0.15) is 6.42 Å². The number of rotatable bonds is 5. The Kier molecular flexibility index (Phi) is 24.4. The molecule has 0 N–H and O–H groups in total. The Labute approximate surface area is 158 Å². The molecule has 0 atom stereocenters. The maximum atomic E-state index is 9.80. The van der Waals surface area contributed by atoms with Crippen LogP contribution < -0.4 is 59.1 Å². The Morgan fingerprint density at radius 2 is 1.12 bits per heavy atom. The second-order valence-electron chi connectivity index (χ2n) is 2.32. The average molecular weight is 342 g/mol. The zero-order valence-corrected chi connectivity index (χ0v) is 17.1. The van der Waals surface area contributed by atoms with Gasteiger partial charge in [-0.05, 0) is 12.2 Å². The van der Waals surface area contributed by atoms with E-state index in [0.717, 1.165) is 0 Å². The first-order valence-corrected chi connectivity index (χ1v) is 8.13. The largest absolute Gasteiger partial charge is 1.00 e. The molecule has 0 radical (unpaired) electrons. The number of hydrogen-bond donors (Lipinski definition) is 2. The first-order valence-electron chi connectivity index (χ1n) is 3.71. The molecule has 0 aromatic carbocycles. The van der Waals surface area contributed by atoms with E-state index in [9.17, 15) is 25.9 Å². The van der Waals surface area contributed by atoms with Crippen molar-refractivity contribution in [3.8, 4) is 0 Å². The summed E-state index contributed by atoms with van der Waals surface area (Å²) in [5.74, 6) is -0.125. The van der Waals surface area contributed by atoms with Crippen molar-refractivity contribution in [1.82, 2.24) is 0 Å². The van der Waals surface area contributed by atoms with E-state index in [2.05, 4.69) is 25.3 Å². The predicted octanol–water partition coefficient (Wildman–Crippen LogP) is -6.68. The summed E-state index contributed by atoms with van der Waals surface area (Å²) in [4.78, 5) is 0. The Bertz CT molecular complexity index is 339. The van der Waals surface area contributed by atoms with Gasteiger partial charge >= 0.3 is 59.1 Å². The van der Waals surface area contributed by atoms with Gasteiger partial charge in [-0.25, -0.2) is 16.8 Å². The molecule has 0 aromatic rings. The second kappa shape index (κ2) is 14.9. The normalized spacial score (nSPS) is 10.4. The van der Waals surface area contributed by atoms with Crippen molar-refractivity contribution in [1.29, 1.82) is 0 Å². The maximum Gasteiger partial charge on any atom is 1.00 e. The minimum atomic E-state index is -4.00. The van der Waals surface area contributed by atoms with Gasteiger partial charge in [0, 0.05) is 17.3 Å². The summed E-state index contributed by atoms with van der Waals surface area (Å²) in [5.41, 5.74) is 0. The third-order valence-corrected chi connectivity index (χ3v) is 3.23. The molecule has 0 unspecified atom stereocenters. The summed E-state index contributed by atoms with van der Waals surface area (Å²) in [6.45, 7) is 0. The molecule has 94 valence electrons. The molecule has 0 aliphatic carbocycles. The first-order chi connectivity index (χ1) is 6.62. The molecule has 0 bridgehead atoms. The van der Waals surface area contributed by atoms with Crippen LogP contribution in [-0.2, 0) is 20.2 Å². The van der Waals surface area contributed by atoms with Gasteiger partial charge < -0.3 is 9.11 Å². The number of hydrogen-bond acceptors (Lipinski definition) is 8. The third kappa shape index (κ3) is 38.1. The van der Waals surface area contributed by atoms with Crippen LogP contribution >= 0.6 is 25.3 Å². The molecule has 0 saturated heterocycles. The molecule has 0 heterocycles. The van der Waals surface area contributed by atoms with E-state index >= 15 is 0 Å². The van der Waals surface area contributed by atoms with Gasteiger partial charge in [-0.3, -0.25) is 0 Å². The molecule has 17 heavy (non-hydrogen) atoms. The minimum Gasteiger partial charge on any atom is -0.748 e. The molecule has 0 saturated carbocycles. The van der Waals surface area contributed by atoms with E-state index in [0.29, 0.717) is 12.2 Å². The van der Waals surface area contributed by atoms with Crippen LogP contribution in [0.15, 0.2) is 0 Å². The van der Waals surface area contributed by atoms with Crippen molar-refractivity contribution < 1.29 is 85.1 Å². The quantitative estimate of drug-likeness (QED) is 0.292. The fraction of sp³-hybridized carbons (Fsp3) is 1.00. The van der Waals surface area contributed by atoms with E-state index in [1.54, 1.807) is 0 Å². The van der Waals surface area contributed by atoms with Crippen molar-refractivity contribution in [2.45, 2.75) is 6.42 Å². The molecular weight excluding hydrogens is 330 g/mol. The molecular formula is C5H12Na2O6S4. The summed E-state index contributed by atoms with van der Waals surface area (Å²) in [5, 5.41) is 0. The van der Waals surface area contributed by atoms with Crippen LogP contribution in [0.2, 0.25) is 0 Å². The van der Waals surface area contributed by atoms with E-state index < -0.39 is 20.2 Å². The fourth-order valence-corrected chi connectivity index (χ4v) is 2.12. The van der Waals surface area contributed by atoms with Crippen molar-refractivity contribution in [3.63, 3.8) is 0 Å². The molecule has 0 aromatic heterocycles. The maximum absolute atomic E-state index is 9.80. The summed E-state index contributed by atoms with van der Waals surface area (Å²) >= 11 is 7.26. The molecule has 12 heteroatoms. The van der Waals surface area contributed by atoms with Crippen molar-refractivity contribution in [2.75, 3.05) is 23.0 Å². The molecule has 0 rings (SSSR count). The van der Waals surface area contributed by atoms with Gasteiger partial charge in [-0.15, -0.1) is 0 Å². The Morgan fingerprint density at radius 3 is 1.18 bits per heavy atom. The molecule has 0 aliphatic heterocycles. The van der Waals surface area contributed by atoms with Crippen LogP contribution in [0, 0.1) is 0 Å². The molecule has 6 nitrogen and oxygen atoms in total. The zero-order chi connectivity index (χ0) is 12.5. The SMILES string of the molecule is O=S(=O)([O-])CCCS.O=S(=O)([O-])CCS.[Na+].[Na+]. The van der Waals surface area contributed by atoms with Crippen LogP contribution in [0.3, 0.4) is 0 Å². The van der Waals surface area contributed by atoms with Gasteiger partial charge in [0.05, 0.1) is 20.2 Å². The standard InChI is InChI=1S/C3H8O3S2.C2H6O3S2.2Na/c4-8(5,6)3-1-2-7;3-7(4,5)2-1-6;;/h7H,1-3H2,(H,4,5,6);6H,1-2H2,(H,3,4,5);;/q;;2*+1/p-2.